The number of thiocarbonyl (C=S) groups is 1. The summed E-state index contributed by atoms with van der Waals surface area (Å²) in [6, 6.07) is 0. The summed E-state index contributed by atoms with van der Waals surface area (Å²) in [6.07, 6.45) is -2.44. The molecule has 0 aromatic carbocycles. The Morgan fingerprint density at radius 3 is 2.20 bits per heavy atom. The molecule has 2 amide bonds. The highest BCUT2D eigenvalue weighted by Crippen LogP contribution is 2.36. The van der Waals surface area contributed by atoms with E-state index in [0.717, 1.165) is 11.0 Å². The molecule has 0 atom stereocenters. The number of likely N-dealkylation sites (N-methyl/N-ethyl adjacent to an activating group) is 1. The molecule has 1 fully saturated rings. The highest BCUT2D eigenvalue weighted by molar-refractivity contribution is 7.80. The summed E-state index contributed by atoms with van der Waals surface area (Å²) in [7, 11) is 3.51. The number of hydrogen-bond donors (Lipinski definition) is 2. The van der Waals surface area contributed by atoms with Crippen LogP contribution in [-0.2, 0) is 9.59 Å². The lowest BCUT2D eigenvalue weighted by Crippen LogP contribution is -2.51. The van der Waals surface area contributed by atoms with Crippen molar-refractivity contribution in [1.29, 1.82) is 0 Å². The van der Waals surface area contributed by atoms with Gasteiger partial charge in [-0.25, -0.2) is 0 Å². The maximum absolute atomic E-state index is 13.5. The maximum Gasteiger partial charge on any atom is 0.431 e. The third-order valence-electron chi connectivity index (χ3n) is 3.63. The molecule has 2 aliphatic heterocycles. The second kappa shape index (κ2) is 6.96. The fourth-order valence-corrected chi connectivity index (χ4v) is 2.65. The van der Waals surface area contributed by atoms with Gasteiger partial charge in [0.15, 0.2) is 5.11 Å². The van der Waals surface area contributed by atoms with E-state index in [1.165, 1.54) is 13.0 Å². The van der Waals surface area contributed by atoms with Crippen LogP contribution >= 0.6 is 12.2 Å². The van der Waals surface area contributed by atoms with Crippen LogP contribution in [0.2, 0.25) is 0 Å². The van der Waals surface area contributed by atoms with Crippen LogP contribution in [0.3, 0.4) is 0 Å². The first-order chi connectivity index (χ1) is 11.5. The van der Waals surface area contributed by atoms with Crippen molar-refractivity contribution in [2.45, 2.75) is 13.1 Å². The molecule has 136 valence electrons. The lowest BCUT2D eigenvalue weighted by atomic mass is 9.99. The third kappa shape index (κ3) is 4.26. The molecule has 10 heteroatoms. The molecule has 0 bridgehead atoms. The predicted molar refractivity (Wildman–Crippen MR) is 89.1 cm³/mol. The van der Waals surface area contributed by atoms with Gasteiger partial charge >= 0.3 is 6.18 Å². The SMILES string of the molecule is CC1=CC(=C2C(=O)NC(=S)NC2=O)C=C(C(F)(F)F)N1CCN(C)C. The second-order valence-corrected chi connectivity index (χ2v) is 6.24. The van der Waals surface area contributed by atoms with Crippen molar-refractivity contribution < 1.29 is 22.8 Å². The average molecular weight is 374 g/mol. The Morgan fingerprint density at radius 2 is 1.72 bits per heavy atom. The molecule has 0 aromatic heterocycles. The number of rotatable bonds is 3. The van der Waals surface area contributed by atoms with Crippen molar-refractivity contribution in [3.8, 4) is 0 Å². The van der Waals surface area contributed by atoms with Crippen LogP contribution in [0.1, 0.15) is 6.92 Å². The van der Waals surface area contributed by atoms with E-state index < -0.39 is 29.3 Å². The van der Waals surface area contributed by atoms with Gasteiger partial charge in [-0.15, -0.1) is 0 Å². The van der Waals surface area contributed by atoms with E-state index in [9.17, 15) is 22.8 Å². The number of halogens is 3. The Morgan fingerprint density at radius 1 is 1.16 bits per heavy atom. The van der Waals surface area contributed by atoms with Crippen LogP contribution in [0.5, 0.6) is 0 Å². The maximum atomic E-state index is 13.5. The van der Waals surface area contributed by atoms with Crippen molar-refractivity contribution in [2.75, 3.05) is 27.2 Å². The van der Waals surface area contributed by atoms with Gasteiger partial charge in [0.2, 0.25) is 0 Å². The van der Waals surface area contributed by atoms with Gasteiger partial charge in [0.25, 0.3) is 11.8 Å². The molecule has 1 saturated heterocycles. The molecule has 2 N–H and O–H groups in total. The Kier molecular flexibility index (Phi) is 5.33. The number of allylic oxidation sites excluding steroid dienone is 5. The summed E-state index contributed by atoms with van der Waals surface area (Å²) in [5.74, 6) is -1.65. The molecule has 6 nitrogen and oxygen atoms in total. The minimum Gasteiger partial charge on any atom is -0.340 e. The van der Waals surface area contributed by atoms with Crippen molar-refractivity contribution in [2.24, 2.45) is 0 Å². The second-order valence-electron chi connectivity index (χ2n) is 5.84. The molecule has 0 saturated carbocycles. The van der Waals surface area contributed by atoms with Crippen molar-refractivity contribution >= 4 is 29.1 Å². The van der Waals surface area contributed by atoms with E-state index >= 15 is 0 Å². The zero-order chi connectivity index (χ0) is 18.9. The fourth-order valence-electron chi connectivity index (χ4n) is 2.46. The van der Waals surface area contributed by atoms with Crippen LogP contribution in [0.25, 0.3) is 0 Å². The minimum absolute atomic E-state index is 0.108. The summed E-state index contributed by atoms with van der Waals surface area (Å²) in [6.45, 7) is 2.02. The number of carbonyl (C=O) groups excluding carboxylic acids is 2. The topological polar surface area (TPSA) is 64.7 Å². The summed E-state index contributed by atoms with van der Waals surface area (Å²) in [5, 5.41) is 4.26. The predicted octanol–water partition coefficient (Wildman–Crippen LogP) is 1.04. The van der Waals surface area contributed by atoms with E-state index in [1.807, 2.05) is 0 Å². The lowest BCUT2D eigenvalue weighted by Gasteiger charge is -2.33. The lowest BCUT2D eigenvalue weighted by molar-refractivity contribution is -0.123. The van der Waals surface area contributed by atoms with E-state index in [0.29, 0.717) is 6.54 Å². The Labute approximate surface area is 148 Å². The van der Waals surface area contributed by atoms with Crippen molar-refractivity contribution in [3.63, 3.8) is 0 Å². The standard InChI is InChI=1S/C15H17F3N4O2S/c1-8-6-9(11-12(23)19-14(25)20-13(11)24)7-10(15(16,17)18)22(8)5-4-21(2)3/h6-7H,4-5H2,1-3H3,(H2,19,20,23,24,25). The van der Waals surface area contributed by atoms with Crippen LogP contribution in [0.4, 0.5) is 13.2 Å². The van der Waals surface area contributed by atoms with E-state index in [4.69, 9.17) is 0 Å². The zero-order valence-corrected chi connectivity index (χ0v) is 14.6. The largest absolute Gasteiger partial charge is 0.431 e. The first-order valence-corrected chi connectivity index (χ1v) is 7.72. The number of alkyl halides is 3. The number of hydrogen-bond acceptors (Lipinski definition) is 5. The minimum atomic E-state index is -4.63. The molecule has 0 radical (unpaired) electrons. The van der Waals surface area contributed by atoms with Gasteiger partial charge in [-0.05, 0) is 51.0 Å². The number of carbonyl (C=O) groups is 2. The summed E-state index contributed by atoms with van der Waals surface area (Å²) < 4.78 is 40.5. The fraction of sp³-hybridized carbons (Fsp3) is 0.400. The highest BCUT2D eigenvalue weighted by atomic mass is 32.1. The smallest absolute Gasteiger partial charge is 0.340 e. The van der Waals surface area contributed by atoms with Gasteiger partial charge in [0, 0.05) is 18.8 Å². The zero-order valence-electron chi connectivity index (χ0n) is 13.8. The molecule has 0 unspecified atom stereocenters. The molecule has 0 aliphatic carbocycles. The van der Waals surface area contributed by atoms with E-state index in [1.54, 1.807) is 19.0 Å². The summed E-state index contributed by atoms with van der Waals surface area (Å²) in [4.78, 5) is 26.9. The highest BCUT2D eigenvalue weighted by Gasteiger charge is 2.41. The number of nitrogens with zero attached hydrogens (tertiary/aromatic N) is 2. The monoisotopic (exact) mass is 374 g/mol. The van der Waals surface area contributed by atoms with Gasteiger partial charge in [-0.3, -0.25) is 20.2 Å². The van der Waals surface area contributed by atoms with Crippen molar-refractivity contribution in [3.05, 3.63) is 34.7 Å². The number of amides is 2. The first kappa shape index (κ1) is 19.1. The van der Waals surface area contributed by atoms with E-state index in [-0.39, 0.29) is 22.9 Å². The normalized spacial score (nSPS) is 19.0. The van der Waals surface area contributed by atoms with Gasteiger partial charge in [-0.1, -0.05) is 0 Å². The molecule has 0 spiro atoms. The molecule has 2 heterocycles. The summed E-state index contributed by atoms with van der Waals surface area (Å²) >= 11 is 4.69. The van der Waals surface area contributed by atoms with E-state index in [2.05, 4.69) is 22.9 Å². The molecule has 25 heavy (non-hydrogen) atoms. The quantitative estimate of drug-likeness (QED) is 0.439. The van der Waals surface area contributed by atoms with Gasteiger partial charge in [-0.2, -0.15) is 13.2 Å². The van der Waals surface area contributed by atoms with Gasteiger partial charge in [0.05, 0.1) is 0 Å². The molecular formula is C15H17F3N4O2S. The molecule has 2 rings (SSSR count). The Hall–Kier alpha value is -2.20. The molecule has 2 aliphatic rings. The summed E-state index contributed by atoms with van der Waals surface area (Å²) in [5.41, 5.74) is -1.15. The van der Waals surface area contributed by atoms with Gasteiger partial charge in [0.1, 0.15) is 11.3 Å². The molecule has 0 aromatic rings. The molecular weight excluding hydrogens is 357 g/mol. The van der Waals surface area contributed by atoms with Crippen LogP contribution < -0.4 is 10.6 Å². The first-order valence-electron chi connectivity index (χ1n) is 7.31. The number of nitrogens with one attached hydrogen (secondary N) is 2. The van der Waals surface area contributed by atoms with Crippen LogP contribution in [0.15, 0.2) is 34.7 Å². The van der Waals surface area contributed by atoms with Crippen LogP contribution in [0, 0.1) is 0 Å². The Bertz CT molecular complexity index is 701. The van der Waals surface area contributed by atoms with Crippen molar-refractivity contribution in [1.82, 2.24) is 20.4 Å². The average Bonchev–Trinajstić information content (AvgIpc) is 2.43. The third-order valence-corrected chi connectivity index (χ3v) is 3.84. The van der Waals surface area contributed by atoms with Gasteiger partial charge < -0.3 is 9.80 Å². The Balaban J connectivity index is 2.50. The van der Waals surface area contributed by atoms with Crippen LogP contribution in [-0.4, -0.2) is 60.1 Å².